The summed E-state index contributed by atoms with van der Waals surface area (Å²) in [6.07, 6.45) is 6.11. The molecule has 2 atom stereocenters. The Hall–Kier alpha value is -0.570. The van der Waals surface area contributed by atoms with Crippen molar-refractivity contribution < 1.29 is 9.90 Å². The van der Waals surface area contributed by atoms with E-state index in [1.54, 1.807) is 0 Å². The average Bonchev–Trinajstić information content (AvgIpc) is 2.15. The van der Waals surface area contributed by atoms with Crippen molar-refractivity contribution in [1.82, 2.24) is 5.32 Å². The van der Waals surface area contributed by atoms with E-state index in [1.807, 2.05) is 0 Å². The molecule has 14 heavy (non-hydrogen) atoms. The minimum absolute atomic E-state index is 0.144. The second kappa shape index (κ2) is 6.02. The normalized spacial score (nSPS) is 27.3. The Morgan fingerprint density at radius 2 is 2.29 bits per heavy atom. The third-order valence-electron chi connectivity index (χ3n) is 2.77. The molecule has 2 N–H and O–H groups in total. The van der Waals surface area contributed by atoms with E-state index in [9.17, 15) is 9.90 Å². The first-order valence-electron chi connectivity index (χ1n) is 5.69. The highest BCUT2D eigenvalue weighted by Crippen LogP contribution is 2.18. The third-order valence-corrected chi connectivity index (χ3v) is 2.77. The summed E-state index contributed by atoms with van der Waals surface area (Å²) < 4.78 is 0. The fraction of sp³-hybridized carbons (Fsp3) is 0.909. The second-order valence-corrected chi connectivity index (χ2v) is 4.19. The van der Waals surface area contributed by atoms with Gasteiger partial charge in [-0.1, -0.05) is 13.3 Å². The lowest BCUT2D eigenvalue weighted by molar-refractivity contribution is -0.122. The van der Waals surface area contributed by atoms with Gasteiger partial charge >= 0.3 is 0 Å². The van der Waals surface area contributed by atoms with Crippen LogP contribution in [0.25, 0.3) is 0 Å². The summed E-state index contributed by atoms with van der Waals surface area (Å²) in [7, 11) is 0. The summed E-state index contributed by atoms with van der Waals surface area (Å²) in [4.78, 5) is 11.4. The topological polar surface area (TPSA) is 49.3 Å². The Morgan fingerprint density at radius 1 is 1.50 bits per heavy atom. The van der Waals surface area contributed by atoms with Crippen LogP contribution in [0.4, 0.5) is 0 Å². The van der Waals surface area contributed by atoms with E-state index >= 15 is 0 Å². The zero-order valence-corrected chi connectivity index (χ0v) is 8.96. The van der Waals surface area contributed by atoms with E-state index in [-0.39, 0.29) is 18.1 Å². The summed E-state index contributed by atoms with van der Waals surface area (Å²) in [5.41, 5.74) is 0. The molecule has 1 amide bonds. The van der Waals surface area contributed by atoms with Crippen molar-refractivity contribution in [3.63, 3.8) is 0 Å². The predicted octanol–water partition coefficient (Wildman–Crippen LogP) is 1.60. The largest absolute Gasteiger partial charge is 0.393 e. The molecule has 0 aliphatic heterocycles. The van der Waals surface area contributed by atoms with Gasteiger partial charge in [0.05, 0.1) is 6.10 Å². The predicted molar refractivity (Wildman–Crippen MR) is 55.9 cm³/mol. The maximum Gasteiger partial charge on any atom is 0.220 e. The third kappa shape index (κ3) is 4.09. The van der Waals surface area contributed by atoms with Crippen LogP contribution in [-0.4, -0.2) is 23.2 Å². The van der Waals surface area contributed by atoms with Gasteiger partial charge in [-0.25, -0.2) is 0 Å². The summed E-state index contributed by atoms with van der Waals surface area (Å²) in [6, 6.07) is 0.211. The number of carbonyl (C=O) groups is 1. The Kier molecular flexibility index (Phi) is 4.94. The second-order valence-electron chi connectivity index (χ2n) is 4.19. The number of hydrogen-bond acceptors (Lipinski definition) is 2. The van der Waals surface area contributed by atoms with Crippen LogP contribution < -0.4 is 5.32 Å². The number of amides is 1. The summed E-state index contributed by atoms with van der Waals surface area (Å²) in [5, 5.41) is 12.4. The van der Waals surface area contributed by atoms with Crippen LogP contribution >= 0.6 is 0 Å². The highest BCUT2D eigenvalue weighted by molar-refractivity contribution is 5.76. The summed E-state index contributed by atoms with van der Waals surface area (Å²) in [6.45, 7) is 2.08. The standard InChI is InChI=1S/C11H21NO2/c1-2-3-7-11(14)12-9-5-4-6-10(13)8-9/h9-10,13H,2-8H2,1H3,(H,12,14). The Balaban J connectivity index is 2.18. The van der Waals surface area contributed by atoms with Crippen molar-refractivity contribution >= 4 is 5.91 Å². The number of nitrogens with one attached hydrogen (secondary N) is 1. The van der Waals surface area contributed by atoms with Gasteiger partial charge in [0.25, 0.3) is 0 Å². The molecule has 3 heteroatoms. The van der Waals surface area contributed by atoms with Crippen molar-refractivity contribution in [3.8, 4) is 0 Å². The van der Waals surface area contributed by atoms with Crippen molar-refractivity contribution in [3.05, 3.63) is 0 Å². The highest BCUT2D eigenvalue weighted by atomic mass is 16.3. The minimum atomic E-state index is -0.208. The van der Waals surface area contributed by atoms with Gasteiger partial charge in [0.15, 0.2) is 0 Å². The monoisotopic (exact) mass is 199 g/mol. The van der Waals surface area contributed by atoms with Crippen molar-refractivity contribution in [2.45, 2.75) is 64.0 Å². The zero-order valence-electron chi connectivity index (χ0n) is 8.96. The van der Waals surface area contributed by atoms with Crippen LogP contribution in [0, 0.1) is 0 Å². The van der Waals surface area contributed by atoms with Crippen LogP contribution in [0.1, 0.15) is 51.9 Å². The SMILES string of the molecule is CCCCC(=O)NC1CCCC(O)C1. The lowest BCUT2D eigenvalue weighted by Gasteiger charge is -2.26. The van der Waals surface area contributed by atoms with Gasteiger partial charge in [-0.15, -0.1) is 0 Å². The van der Waals surface area contributed by atoms with Gasteiger partial charge in [-0.3, -0.25) is 4.79 Å². The number of hydrogen-bond donors (Lipinski definition) is 2. The highest BCUT2D eigenvalue weighted by Gasteiger charge is 2.20. The van der Waals surface area contributed by atoms with E-state index in [1.165, 1.54) is 0 Å². The van der Waals surface area contributed by atoms with Gasteiger partial charge in [0, 0.05) is 12.5 Å². The molecular formula is C11H21NO2. The van der Waals surface area contributed by atoms with Gasteiger partial charge < -0.3 is 10.4 Å². The van der Waals surface area contributed by atoms with Crippen molar-refractivity contribution in [2.24, 2.45) is 0 Å². The fourth-order valence-electron chi connectivity index (χ4n) is 1.93. The van der Waals surface area contributed by atoms with Crippen LogP contribution in [-0.2, 0) is 4.79 Å². The summed E-state index contributed by atoms with van der Waals surface area (Å²) >= 11 is 0. The van der Waals surface area contributed by atoms with Gasteiger partial charge in [-0.2, -0.15) is 0 Å². The maximum atomic E-state index is 11.4. The molecule has 82 valence electrons. The first kappa shape index (κ1) is 11.5. The first-order valence-corrected chi connectivity index (χ1v) is 5.69. The van der Waals surface area contributed by atoms with Crippen LogP contribution in [0.2, 0.25) is 0 Å². The molecule has 0 aromatic rings. The van der Waals surface area contributed by atoms with Crippen LogP contribution in [0.5, 0.6) is 0 Å². The maximum absolute atomic E-state index is 11.4. The van der Waals surface area contributed by atoms with E-state index in [4.69, 9.17) is 0 Å². The molecule has 2 unspecified atom stereocenters. The molecule has 0 saturated heterocycles. The molecule has 0 aromatic heterocycles. The lowest BCUT2D eigenvalue weighted by atomic mass is 9.93. The summed E-state index contributed by atoms with van der Waals surface area (Å²) in [5.74, 6) is 0.144. The Morgan fingerprint density at radius 3 is 2.93 bits per heavy atom. The smallest absolute Gasteiger partial charge is 0.220 e. The molecule has 1 aliphatic carbocycles. The minimum Gasteiger partial charge on any atom is -0.393 e. The number of aliphatic hydroxyl groups is 1. The molecular weight excluding hydrogens is 178 g/mol. The molecule has 3 nitrogen and oxygen atoms in total. The molecule has 1 fully saturated rings. The molecule has 0 heterocycles. The molecule has 0 bridgehead atoms. The molecule has 0 spiro atoms. The average molecular weight is 199 g/mol. The molecule has 1 saturated carbocycles. The number of rotatable bonds is 4. The van der Waals surface area contributed by atoms with E-state index in [0.717, 1.165) is 38.5 Å². The Labute approximate surface area is 85.9 Å². The van der Waals surface area contributed by atoms with E-state index in [0.29, 0.717) is 6.42 Å². The quantitative estimate of drug-likeness (QED) is 0.722. The fourth-order valence-corrected chi connectivity index (χ4v) is 1.93. The van der Waals surface area contributed by atoms with Crippen molar-refractivity contribution in [2.75, 3.05) is 0 Å². The molecule has 0 aromatic carbocycles. The lowest BCUT2D eigenvalue weighted by Crippen LogP contribution is -2.39. The number of aliphatic hydroxyl groups excluding tert-OH is 1. The first-order chi connectivity index (χ1) is 6.72. The molecule has 1 aliphatic rings. The van der Waals surface area contributed by atoms with E-state index in [2.05, 4.69) is 12.2 Å². The molecule has 0 radical (unpaired) electrons. The van der Waals surface area contributed by atoms with Crippen LogP contribution in [0.3, 0.4) is 0 Å². The number of unbranched alkanes of at least 4 members (excludes halogenated alkanes) is 1. The number of carbonyl (C=O) groups excluding carboxylic acids is 1. The van der Waals surface area contributed by atoms with Crippen LogP contribution in [0.15, 0.2) is 0 Å². The zero-order chi connectivity index (χ0) is 10.4. The van der Waals surface area contributed by atoms with Gasteiger partial charge in [-0.05, 0) is 32.1 Å². The van der Waals surface area contributed by atoms with E-state index < -0.39 is 0 Å². The Bertz CT molecular complexity index is 182. The van der Waals surface area contributed by atoms with Gasteiger partial charge in [0.1, 0.15) is 0 Å². The molecule has 1 rings (SSSR count). The van der Waals surface area contributed by atoms with Gasteiger partial charge in [0.2, 0.25) is 5.91 Å². The van der Waals surface area contributed by atoms with Crippen molar-refractivity contribution in [1.29, 1.82) is 0 Å².